The minimum atomic E-state index is 1.15. The summed E-state index contributed by atoms with van der Waals surface area (Å²) in [5, 5.41) is 6.18. The van der Waals surface area contributed by atoms with E-state index in [1.54, 1.807) is 0 Å². The van der Waals surface area contributed by atoms with Crippen molar-refractivity contribution >= 4 is 55.6 Å². The largest absolute Gasteiger partial charge is 0.355 e. The van der Waals surface area contributed by atoms with Crippen molar-refractivity contribution in [2.75, 3.05) is 0 Å². The molecule has 0 aliphatic rings. The summed E-state index contributed by atoms with van der Waals surface area (Å²) >= 11 is 0. The van der Waals surface area contributed by atoms with Crippen LogP contribution in [0.25, 0.3) is 72.4 Å². The number of aromatic nitrogens is 2. The number of H-pyrrole nitrogens is 1. The molecule has 2 heterocycles. The monoisotopic (exact) mass is 474 g/mol. The average molecular weight is 475 g/mol. The highest BCUT2D eigenvalue weighted by Gasteiger charge is 2.16. The summed E-state index contributed by atoms with van der Waals surface area (Å²) in [6.45, 7) is 6.27. The van der Waals surface area contributed by atoms with Crippen molar-refractivity contribution in [3.63, 3.8) is 0 Å². The summed E-state index contributed by atoms with van der Waals surface area (Å²) in [5.41, 5.74) is 9.36. The van der Waals surface area contributed by atoms with Crippen molar-refractivity contribution < 1.29 is 0 Å². The van der Waals surface area contributed by atoms with Gasteiger partial charge in [0.1, 0.15) is 0 Å². The molecule has 7 aromatic rings. The Kier molecular flexibility index (Phi) is 4.87. The van der Waals surface area contributed by atoms with Crippen molar-refractivity contribution in [2.24, 2.45) is 0 Å². The Morgan fingerprint density at radius 2 is 1.41 bits per heavy atom. The van der Waals surface area contributed by atoms with Gasteiger partial charge in [-0.3, -0.25) is 0 Å². The van der Waals surface area contributed by atoms with E-state index in [4.69, 9.17) is 0 Å². The van der Waals surface area contributed by atoms with Crippen LogP contribution in [0.1, 0.15) is 18.2 Å². The number of fused-ring (bicyclic) bond motifs is 5. The molecule has 0 spiro atoms. The fourth-order valence-corrected chi connectivity index (χ4v) is 5.67. The number of allylic oxidation sites excluding steroid dienone is 1. The van der Waals surface area contributed by atoms with Crippen LogP contribution in [0.15, 0.2) is 116 Å². The van der Waals surface area contributed by atoms with Gasteiger partial charge in [0.05, 0.1) is 11.2 Å². The molecule has 0 unspecified atom stereocenters. The van der Waals surface area contributed by atoms with Gasteiger partial charge in [0.2, 0.25) is 0 Å². The second kappa shape index (κ2) is 8.39. The Bertz CT molecular complexity index is 2010. The highest BCUT2D eigenvalue weighted by molar-refractivity contribution is 6.09. The molecule has 0 amide bonds. The van der Waals surface area contributed by atoms with Crippen LogP contribution in [0.4, 0.5) is 0 Å². The van der Waals surface area contributed by atoms with Gasteiger partial charge < -0.3 is 9.55 Å². The topological polar surface area (TPSA) is 20.7 Å². The molecular formula is C35H26N2. The molecule has 37 heavy (non-hydrogen) atoms. The Labute approximate surface area is 215 Å². The third-order valence-electron chi connectivity index (χ3n) is 7.40. The molecule has 0 aliphatic carbocycles. The van der Waals surface area contributed by atoms with Gasteiger partial charge in [0, 0.05) is 38.4 Å². The van der Waals surface area contributed by atoms with Gasteiger partial charge in [-0.2, -0.15) is 0 Å². The quantitative estimate of drug-likeness (QED) is 0.262. The van der Waals surface area contributed by atoms with Crippen molar-refractivity contribution in [3.05, 3.63) is 127 Å². The maximum Gasteiger partial charge on any atom is 0.0541 e. The SMILES string of the molecule is C=Cc1c(/C=C\C)n(-c2ccc3ccccc3c2)c2ccc(-c3ccc4[nH]c5ccccc5c4c3)cc12. The van der Waals surface area contributed by atoms with Crippen LogP contribution in [0.5, 0.6) is 0 Å². The summed E-state index contributed by atoms with van der Waals surface area (Å²) in [7, 11) is 0. The average Bonchev–Trinajstić information content (AvgIpc) is 3.47. The molecule has 7 rings (SSSR count). The fourth-order valence-electron chi connectivity index (χ4n) is 5.67. The molecule has 0 saturated carbocycles. The highest BCUT2D eigenvalue weighted by Crippen LogP contribution is 2.36. The van der Waals surface area contributed by atoms with Crippen LogP contribution in [-0.2, 0) is 0 Å². The molecule has 2 nitrogen and oxygen atoms in total. The van der Waals surface area contributed by atoms with Gasteiger partial charge in [0.25, 0.3) is 0 Å². The van der Waals surface area contributed by atoms with E-state index in [1.807, 2.05) is 6.08 Å². The van der Waals surface area contributed by atoms with E-state index in [2.05, 4.69) is 138 Å². The minimum Gasteiger partial charge on any atom is -0.355 e. The lowest BCUT2D eigenvalue weighted by Gasteiger charge is -2.11. The van der Waals surface area contributed by atoms with Gasteiger partial charge in [0.15, 0.2) is 0 Å². The number of hydrogen-bond donors (Lipinski definition) is 1. The summed E-state index contributed by atoms with van der Waals surface area (Å²) in [6.07, 6.45) is 6.27. The lowest BCUT2D eigenvalue weighted by molar-refractivity contribution is 1.11. The zero-order valence-electron chi connectivity index (χ0n) is 20.7. The maximum atomic E-state index is 4.20. The number of hydrogen-bond acceptors (Lipinski definition) is 0. The molecule has 0 atom stereocenters. The molecule has 0 bridgehead atoms. The zero-order chi connectivity index (χ0) is 24.9. The Morgan fingerprint density at radius 3 is 2.24 bits per heavy atom. The number of rotatable bonds is 4. The van der Waals surface area contributed by atoms with E-state index in [9.17, 15) is 0 Å². The lowest BCUT2D eigenvalue weighted by atomic mass is 10.00. The smallest absolute Gasteiger partial charge is 0.0541 e. The molecule has 1 N–H and O–H groups in total. The number of benzene rings is 5. The van der Waals surface area contributed by atoms with E-state index in [0.717, 1.165) is 22.5 Å². The summed E-state index contributed by atoms with van der Waals surface area (Å²) in [6, 6.07) is 37.2. The first-order valence-corrected chi connectivity index (χ1v) is 12.7. The number of nitrogens with zero attached hydrogens (tertiary/aromatic N) is 1. The molecule has 0 saturated heterocycles. The van der Waals surface area contributed by atoms with Crippen molar-refractivity contribution in [1.29, 1.82) is 0 Å². The third-order valence-corrected chi connectivity index (χ3v) is 7.40. The second-order valence-electron chi connectivity index (χ2n) is 9.53. The summed E-state index contributed by atoms with van der Waals surface area (Å²) < 4.78 is 2.35. The summed E-state index contributed by atoms with van der Waals surface area (Å²) in [4.78, 5) is 3.54. The van der Waals surface area contributed by atoms with E-state index >= 15 is 0 Å². The highest BCUT2D eigenvalue weighted by atomic mass is 15.0. The Balaban J connectivity index is 1.46. The van der Waals surface area contributed by atoms with Crippen molar-refractivity contribution in [3.8, 4) is 16.8 Å². The van der Waals surface area contributed by atoms with Crippen LogP contribution < -0.4 is 0 Å². The van der Waals surface area contributed by atoms with Crippen LogP contribution in [0.3, 0.4) is 0 Å². The van der Waals surface area contributed by atoms with Crippen molar-refractivity contribution in [1.82, 2.24) is 9.55 Å². The van der Waals surface area contributed by atoms with Crippen LogP contribution in [-0.4, -0.2) is 9.55 Å². The van der Waals surface area contributed by atoms with E-state index in [1.165, 1.54) is 49.1 Å². The molecule has 0 radical (unpaired) electrons. The minimum absolute atomic E-state index is 1.15. The second-order valence-corrected chi connectivity index (χ2v) is 9.53. The van der Waals surface area contributed by atoms with Gasteiger partial charge in [-0.05, 0) is 77.4 Å². The van der Waals surface area contributed by atoms with E-state index in [-0.39, 0.29) is 0 Å². The van der Waals surface area contributed by atoms with Gasteiger partial charge in [-0.1, -0.05) is 79.4 Å². The normalized spacial score (nSPS) is 11.9. The van der Waals surface area contributed by atoms with Gasteiger partial charge in [-0.15, -0.1) is 0 Å². The number of aromatic amines is 1. The lowest BCUT2D eigenvalue weighted by Crippen LogP contribution is -1.97. The zero-order valence-corrected chi connectivity index (χ0v) is 20.7. The Morgan fingerprint density at radius 1 is 0.676 bits per heavy atom. The van der Waals surface area contributed by atoms with Crippen molar-refractivity contribution in [2.45, 2.75) is 6.92 Å². The number of para-hydroxylation sites is 1. The van der Waals surface area contributed by atoms with Gasteiger partial charge in [-0.25, -0.2) is 0 Å². The van der Waals surface area contributed by atoms with E-state index < -0.39 is 0 Å². The molecule has 2 heteroatoms. The maximum absolute atomic E-state index is 4.20. The molecule has 176 valence electrons. The summed E-state index contributed by atoms with van der Waals surface area (Å²) in [5.74, 6) is 0. The molecule has 0 fully saturated rings. The first-order chi connectivity index (χ1) is 18.2. The molecule has 0 aliphatic heterocycles. The van der Waals surface area contributed by atoms with Crippen LogP contribution >= 0.6 is 0 Å². The first kappa shape index (κ1) is 21.5. The van der Waals surface area contributed by atoms with Gasteiger partial charge >= 0.3 is 0 Å². The fraction of sp³-hybridized carbons (Fsp3) is 0.0286. The van der Waals surface area contributed by atoms with Crippen LogP contribution in [0.2, 0.25) is 0 Å². The standard InChI is InChI=1S/C35H26N2/c1-3-9-34-28(4-2)31-22-26(25-15-18-33-30(21-25)29-12-7-8-13-32(29)36-33)16-19-35(31)37(34)27-17-14-23-10-5-6-11-24(23)20-27/h3-22,36H,2H2,1H3/b9-3-. The predicted octanol–water partition coefficient (Wildman–Crippen LogP) is 9.76. The first-order valence-electron chi connectivity index (χ1n) is 12.7. The molecule has 5 aromatic carbocycles. The van der Waals surface area contributed by atoms with Crippen LogP contribution in [0, 0.1) is 0 Å². The Hall–Kier alpha value is -4.82. The molecule has 2 aromatic heterocycles. The third kappa shape index (κ3) is 3.34. The van der Waals surface area contributed by atoms with E-state index in [0.29, 0.717) is 0 Å². The predicted molar refractivity (Wildman–Crippen MR) is 160 cm³/mol. The molecular weight excluding hydrogens is 448 g/mol. The number of nitrogens with one attached hydrogen (secondary N) is 1.